The number of aryl methyl sites for hydroxylation is 1. The Balaban J connectivity index is 1.95. The zero-order valence-corrected chi connectivity index (χ0v) is 12.7. The van der Waals surface area contributed by atoms with E-state index in [2.05, 4.69) is 39.1 Å². The first-order chi connectivity index (χ1) is 9.44. The van der Waals surface area contributed by atoms with E-state index in [4.69, 9.17) is 9.15 Å². The predicted octanol–water partition coefficient (Wildman–Crippen LogP) is 4.06. The summed E-state index contributed by atoms with van der Waals surface area (Å²) in [6, 6.07) is 10.0. The van der Waals surface area contributed by atoms with Gasteiger partial charge in [0.2, 0.25) is 0 Å². The van der Waals surface area contributed by atoms with Crippen LogP contribution in [0.5, 0.6) is 5.75 Å². The van der Waals surface area contributed by atoms with Crippen molar-refractivity contribution < 1.29 is 9.15 Å². The molecule has 0 radical (unpaired) electrons. The summed E-state index contributed by atoms with van der Waals surface area (Å²) in [5.41, 5.74) is 2.43. The fourth-order valence-corrected chi connectivity index (χ4v) is 1.87. The van der Waals surface area contributed by atoms with Crippen LogP contribution in [0.25, 0.3) is 0 Å². The largest absolute Gasteiger partial charge is 0.486 e. The highest BCUT2D eigenvalue weighted by Crippen LogP contribution is 2.17. The molecule has 0 bridgehead atoms. The maximum absolute atomic E-state index is 5.78. The summed E-state index contributed by atoms with van der Waals surface area (Å²) in [6.07, 6.45) is 1.72. The van der Waals surface area contributed by atoms with Crippen LogP contribution in [0.1, 0.15) is 37.7 Å². The van der Waals surface area contributed by atoms with E-state index in [1.165, 1.54) is 5.56 Å². The lowest BCUT2D eigenvalue weighted by atomic mass is 10.1. The lowest BCUT2D eigenvalue weighted by Crippen LogP contribution is -2.35. The molecule has 0 fully saturated rings. The van der Waals surface area contributed by atoms with Crippen molar-refractivity contribution in [2.24, 2.45) is 0 Å². The molecular weight excluding hydrogens is 250 g/mol. The number of benzene rings is 1. The van der Waals surface area contributed by atoms with Crippen LogP contribution >= 0.6 is 0 Å². The number of rotatable bonds is 5. The molecule has 0 amide bonds. The van der Waals surface area contributed by atoms with Gasteiger partial charge in [0.15, 0.2) is 0 Å². The fourth-order valence-electron chi connectivity index (χ4n) is 1.87. The molecule has 2 rings (SSSR count). The average molecular weight is 273 g/mol. The van der Waals surface area contributed by atoms with Crippen molar-refractivity contribution in [1.29, 1.82) is 0 Å². The molecule has 108 valence electrons. The molecule has 0 unspecified atom stereocenters. The van der Waals surface area contributed by atoms with Gasteiger partial charge in [0.25, 0.3) is 0 Å². The Morgan fingerprint density at radius 2 is 2.00 bits per heavy atom. The Morgan fingerprint density at radius 3 is 2.70 bits per heavy atom. The maximum Gasteiger partial charge on any atom is 0.146 e. The molecule has 0 saturated carbocycles. The first-order valence-electron chi connectivity index (χ1n) is 6.94. The van der Waals surface area contributed by atoms with E-state index >= 15 is 0 Å². The van der Waals surface area contributed by atoms with Crippen LogP contribution < -0.4 is 10.1 Å². The van der Waals surface area contributed by atoms with Gasteiger partial charge in [-0.2, -0.15) is 0 Å². The standard InChI is InChI=1S/C17H23NO2/c1-13-6-5-7-15(10-13)20-12-16-14(8-9-19-16)11-18-17(2,3)4/h5-10,18H,11-12H2,1-4H3. The van der Waals surface area contributed by atoms with Crippen LogP contribution in [0.2, 0.25) is 0 Å². The lowest BCUT2D eigenvalue weighted by Gasteiger charge is -2.20. The Hall–Kier alpha value is -1.74. The highest BCUT2D eigenvalue weighted by Gasteiger charge is 2.12. The van der Waals surface area contributed by atoms with Crippen LogP contribution in [0.15, 0.2) is 41.0 Å². The van der Waals surface area contributed by atoms with Crippen LogP contribution in [-0.4, -0.2) is 5.54 Å². The number of hydrogen-bond acceptors (Lipinski definition) is 3. The first kappa shape index (κ1) is 14.7. The Labute approximate surface area is 121 Å². The third-order valence-corrected chi connectivity index (χ3v) is 3.01. The number of nitrogens with one attached hydrogen (secondary N) is 1. The summed E-state index contributed by atoms with van der Waals surface area (Å²) in [7, 11) is 0. The predicted molar refractivity (Wildman–Crippen MR) is 80.8 cm³/mol. The highest BCUT2D eigenvalue weighted by atomic mass is 16.5. The summed E-state index contributed by atoms with van der Waals surface area (Å²) in [6.45, 7) is 9.74. The molecular formula is C17H23NO2. The van der Waals surface area contributed by atoms with Crippen molar-refractivity contribution >= 4 is 0 Å². The van der Waals surface area contributed by atoms with E-state index in [0.717, 1.165) is 23.6 Å². The van der Waals surface area contributed by atoms with E-state index in [9.17, 15) is 0 Å². The van der Waals surface area contributed by atoms with Gasteiger partial charge in [0, 0.05) is 17.6 Å². The van der Waals surface area contributed by atoms with Gasteiger partial charge in [-0.15, -0.1) is 0 Å². The summed E-state index contributed by atoms with van der Waals surface area (Å²) in [5.74, 6) is 1.75. The van der Waals surface area contributed by atoms with Gasteiger partial charge >= 0.3 is 0 Å². The molecule has 0 aliphatic rings. The molecule has 3 heteroatoms. The highest BCUT2D eigenvalue weighted by molar-refractivity contribution is 5.28. The molecule has 20 heavy (non-hydrogen) atoms. The molecule has 1 aromatic heterocycles. The van der Waals surface area contributed by atoms with Gasteiger partial charge in [0.1, 0.15) is 18.1 Å². The molecule has 0 spiro atoms. The zero-order chi connectivity index (χ0) is 14.6. The van der Waals surface area contributed by atoms with Crippen molar-refractivity contribution in [3.05, 3.63) is 53.5 Å². The third-order valence-electron chi connectivity index (χ3n) is 3.01. The summed E-state index contributed by atoms with van der Waals surface area (Å²) in [4.78, 5) is 0. The Morgan fingerprint density at radius 1 is 1.20 bits per heavy atom. The van der Waals surface area contributed by atoms with Crippen molar-refractivity contribution in [3.8, 4) is 5.75 Å². The van der Waals surface area contributed by atoms with Crippen molar-refractivity contribution in [2.75, 3.05) is 0 Å². The number of hydrogen-bond donors (Lipinski definition) is 1. The van der Waals surface area contributed by atoms with Crippen LogP contribution in [0.3, 0.4) is 0 Å². The minimum absolute atomic E-state index is 0.0892. The molecule has 2 aromatic rings. The molecule has 0 aliphatic carbocycles. The quantitative estimate of drug-likeness (QED) is 0.892. The first-order valence-corrected chi connectivity index (χ1v) is 6.94. The van der Waals surface area contributed by atoms with Crippen molar-refractivity contribution in [3.63, 3.8) is 0 Å². The van der Waals surface area contributed by atoms with E-state index in [-0.39, 0.29) is 5.54 Å². The number of furan rings is 1. The van der Waals surface area contributed by atoms with E-state index in [1.807, 2.05) is 24.3 Å². The molecule has 0 saturated heterocycles. The van der Waals surface area contributed by atoms with Crippen molar-refractivity contribution in [1.82, 2.24) is 5.32 Å². The Kier molecular flexibility index (Phi) is 4.50. The van der Waals surface area contributed by atoms with E-state index in [1.54, 1.807) is 6.26 Å². The summed E-state index contributed by atoms with van der Waals surface area (Å²) >= 11 is 0. The topological polar surface area (TPSA) is 34.4 Å². The van der Waals surface area contributed by atoms with E-state index in [0.29, 0.717) is 6.61 Å². The maximum atomic E-state index is 5.78. The molecule has 0 aliphatic heterocycles. The van der Waals surface area contributed by atoms with Gasteiger partial charge in [-0.1, -0.05) is 12.1 Å². The van der Waals surface area contributed by atoms with Crippen LogP contribution in [0, 0.1) is 6.92 Å². The second-order valence-electron chi connectivity index (χ2n) is 6.08. The monoisotopic (exact) mass is 273 g/mol. The summed E-state index contributed by atoms with van der Waals surface area (Å²) in [5, 5.41) is 3.46. The zero-order valence-electron chi connectivity index (χ0n) is 12.7. The molecule has 0 atom stereocenters. The lowest BCUT2D eigenvalue weighted by molar-refractivity contribution is 0.267. The molecule has 1 aromatic carbocycles. The van der Waals surface area contributed by atoms with Crippen LogP contribution in [-0.2, 0) is 13.2 Å². The molecule has 3 nitrogen and oxygen atoms in total. The fraction of sp³-hybridized carbons (Fsp3) is 0.412. The minimum atomic E-state index is 0.0892. The number of ether oxygens (including phenoxy) is 1. The van der Waals surface area contributed by atoms with Gasteiger partial charge in [-0.3, -0.25) is 0 Å². The Bertz CT molecular complexity index is 552. The van der Waals surface area contributed by atoms with Gasteiger partial charge in [-0.25, -0.2) is 0 Å². The van der Waals surface area contributed by atoms with E-state index < -0.39 is 0 Å². The minimum Gasteiger partial charge on any atom is -0.486 e. The second kappa shape index (κ2) is 6.14. The average Bonchev–Trinajstić information content (AvgIpc) is 2.81. The smallest absolute Gasteiger partial charge is 0.146 e. The van der Waals surface area contributed by atoms with Gasteiger partial charge < -0.3 is 14.5 Å². The molecule has 1 N–H and O–H groups in total. The van der Waals surface area contributed by atoms with Gasteiger partial charge in [0.05, 0.1) is 6.26 Å². The summed E-state index contributed by atoms with van der Waals surface area (Å²) < 4.78 is 11.3. The van der Waals surface area contributed by atoms with Crippen molar-refractivity contribution in [2.45, 2.75) is 46.4 Å². The SMILES string of the molecule is Cc1cccc(OCc2occc2CNC(C)(C)C)c1. The normalized spacial score (nSPS) is 11.6. The molecule has 1 heterocycles. The third kappa shape index (κ3) is 4.42. The second-order valence-corrected chi connectivity index (χ2v) is 6.08. The van der Waals surface area contributed by atoms with Crippen LogP contribution in [0.4, 0.5) is 0 Å². The van der Waals surface area contributed by atoms with Gasteiger partial charge in [-0.05, 0) is 51.5 Å².